The number of H-pyrrole nitrogens is 1. The number of aromatic nitrogens is 1. The van der Waals surface area contributed by atoms with Crippen LogP contribution in [0.2, 0.25) is 0 Å². The molecule has 2 heterocycles. The van der Waals surface area contributed by atoms with Gasteiger partial charge in [0.15, 0.2) is 5.58 Å². The van der Waals surface area contributed by atoms with Crippen LogP contribution < -0.4 is 11.1 Å². The number of carbonyl (C=O) groups excluding carboxylic acids is 1. The molecule has 1 aliphatic heterocycles. The Hall–Kier alpha value is -3.37. The van der Waals surface area contributed by atoms with Crippen molar-refractivity contribution in [2.24, 2.45) is 0 Å². The summed E-state index contributed by atoms with van der Waals surface area (Å²) in [6, 6.07) is 15.4. The minimum Gasteiger partial charge on any atom is -0.408 e. The fourth-order valence-electron chi connectivity index (χ4n) is 4.71. The van der Waals surface area contributed by atoms with Gasteiger partial charge >= 0.3 is 5.76 Å². The lowest BCUT2D eigenvalue weighted by molar-refractivity contribution is -0.123. The fraction of sp³-hybridized carbons (Fsp3) is 0.375. The van der Waals surface area contributed by atoms with E-state index in [9.17, 15) is 14.9 Å². The highest BCUT2D eigenvalue weighted by atomic mass is 16.4. The summed E-state index contributed by atoms with van der Waals surface area (Å²) in [6.07, 6.45) is 3.86. The van der Waals surface area contributed by atoms with Gasteiger partial charge < -0.3 is 9.73 Å². The third-order valence-electron chi connectivity index (χ3n) is 6.59. The average Bonchev–Trinajstić information content (AvgIpc) is 3.24. The summed E-state index contributed by atoms with van der Waals surface area (Å²) in [5, 5.41) is 12.5. The molecular formula is C24H24N4O3. The van der Waals surface area contributed by atoms with Crippen LogP contribution in [0.25, 0.3) is 11.1 Å². The minimum atomic E-state index is -0.549. The number of hydrogen-bond donors (Lipinski definition) is 2. The highest BCUT2D eigenvalue weighted by Crippen LogP contribution is 2.49. The molecule has 0 spiro atoms. The zero-order chi connectivity index (χ0) is 21.4. The van der Waals surface area contributed by atoms with Crippen molar-refractivity contribution in [1.29, 1.82) is 5.26 Å². The monoisotopic (exact) mass is 416 g/mol. The second kappa shape index (κ2) is 7.71. The minimum absolute atomic E-state index is 0.0123. The Balaban J connectivity index is 1.36. The molecule has 1 aromatic heterocycles. The summed E-state index contributed by atoms with van der Waals surface area (Å²) in [6.45, 7) is 2.49. The lowest BCUT2D eigenvalue weighted by Gasteiger charge is -2.29. The highest BCUT2D eigenvalue weighted by molar-refractivity contribution is 5.92. The second-order valence-electron chi connectivity index (χ2n) is 8.51. The first-order chi connectivity index (χ1) is 15.1. The Kier molecular flexibility index (Phi) is 4.87. The number of carbonyl (C=O) groups is 1. The summed E-state index contributed by atoms with van der Waals surface area (Å²) >= 11 is 0. The number of fused-ring (bicyclic) bond motifs is 1. The average molecular weight is 416 g/mol. The number of aromatic amines is 1. The number of rotatable bonds is 6. The molecule has 1 aliphatic carbocycles. The van der Waals surface area contributed by atoms with Crippen molar-refractivity contribution in [3.63, 3.8) is 0 Å². The van der Waals surface area contributed by atoms with E-state index in [1.54, 1.807) is 12.1 Å². The van der Waals surface area contributed by atoms with Gasteiger partial charge in [0.1, 0.15) is 0 Å². The maximum Gasteiger partial charge on any atom is 0.417 e. The van der Waals surface area contributed by atoms with Crippen molar-refractivity contribution in [3.8, 4) is 6.07 Å². The van der Waals surface area contributed by atoms with Gasteiger partial charge in [-0.1, -0.05) is 18.2 Å². The quantitative estimate of drug-likeness (QED) is 0.643. The zero-order valence-electron chi connectivity index (χ0n) is 17.2. The molecule has 1 atom stereocenters. The van der Waals surface area contributed by atoms with E-state index in [0.29, 0.717) is 23.2 Å². The lowest BCUT2D eigenvalue weighted by Crippen LogP contribution is -2.41. The van der Waals surface area contributed by atoms with Crippen LogP contribution in [0, 0.1) is 11.3 Å². The number of hydrogen-bond acceptors (Lipinski definition) is 5. The molecule has 7 heteroatoms. The molecule has 1 unspecified atom stereocenters. The standard InChI is InChI=1S/C24H24N4O3/c25-14-16-4-3-5-17(12-16)20(28-10-1-2-11-28)15-26-22(29)24(8-9-24)18-6-7-21-19(13-18)27-23(30)31-21/h3-7,12-13,20H,1-2,8-11,15H2,(H,26,29)(H,27,30). The Morgan fingerprint density at radius 3 is 2.77 bits per heavy atom. The second-order valence-corrected chi connectivity index (χ2v) is 8.51. The van der Waals surface area contributed by atoms with Crippen LogP contribution in [0.5, 0.6) is 0 Å². The molecule has 1 saturated heterocycles. The van der Waals surface area contributed by atoms with Gasteiger partial charge in [-0.15, -0.1) is 0 Å². The van der Waals surface area contributed by atoms with Gasteiger partial charge in [-0.2, -0.15) is 5.26 Å². The Bertz CT molecular complexity index is 1230. The maximum atomic E-state index is 13.3. The molecule has 5 rings (SSSR count). The first-order valence-corrected chi connectivity index (χ1v) is 10.7. The smallest absolute Gasteiger partial charge is 0.408 e. The predicted molar refractivity (Wildman–Crippen MR) is 115 cm³/mol. The maximum absolute atomic E-state index is 13.3. The summed E-state index contributed by atoms with van der Waals surface area (Å²) < 4.78 is 5.08. The number of benzene rings is 2. The van der Waals surface area contributed by atoms with E-state index in [1.807, 2.05) is 30.3 Å². The summed E-state index contributed by atoms with van der Waals surface area (Å²) in [5.74, 6) is -0.479. The number of amides is 1. The number of nitrogens with one attached hydrogen (secondary N) is 2. The Morgan fingerprint density at radius 1 is 1.23 bits per heavy atom. The molecule has 2 N–H and O–H groups in total. The van der Waals surface area contributed by atoms with Crippen LogP contribution in [-0.2, 0) is 10.2 Å². The van der Waals surface area contributed by atoms with E-state index in [4.69, 9.17) is 4.42 Å². The molecule has 1 amide bonds. The van der Waals surface area contributed by atoms with Crippen molar-refractivity contribution >= 4 is 17.0 Å². The third kappa shape index (κ3) is 3.64. The predicted octanol–water partition coefficient (Wildman–Crippen LogP) is 2.98. The van der Waals surface area contributed by atoms with Gasteiger partial charge in [0.25, 0.3) is 0 Å². The molecule has 2 fully saturated rings. The van der Waals surface area contributed by atoms with E-state index in [0.717, 1.165) is 49.9 Å². The number of likely N-dealkylation sites (tertiary alicyclic amines) is 1. The van der Waals surface area contributed by atoms with Crippen LogP contribution >= 0.6 is 0 Å². The number of nitriles is 1. The molecule has 1 saturated carbocycles. The molecular weight excluding hydrogens is 392 g/mol. The molecule has 2 aromatic carbocycles. The van der Waals surface area contributed by atoms with E-state index >= 15 is 0 Å². The van der Waals surface area contributed by atoms with Gasteiger partial charge in [-0.3, -0.25) is 14.7 Å². The molecule has 3 aromatic rings. The van der Waals surface area contributed by atoms with Crippen LogP contribution in [0.1, 0.15) is 48.4 Å². The van der Waals surface area contributed by atoms with E-state index in [2.05, 4.69) is 21.3 Å². The highest BCUT2D eigenvalue weighted by Gasteiger charge is 2.51. The van der Waals surface area contributed by atoms with Gasteiger partial charge in [0.2, 0.25) is 5.91 Å². The largest absolute Gasteiger partial charge is 0.417 e. The summed E-state index contributed by atoms with van der Waals surface area (Å²) in [7, 11) is 0. The topological polar surface area (TPSA) is 102 Å². The van der Waals surface area contributed by atoms with Gasteiger partial charge in [-0.05, 0) is 74.2 Å². The molecule has 158 valence electrons. The van der Waals surface area contributed by atoms with E-state index in [-0.39, 0.29) is 11.9 Å². The Labute approximate surface area is 179 Å². The molecule has 31 heavy (non-hydrogen) atoms. The van der Waals surface area contributed by atoms with Crippen LogP contribution in [-0.4, -0.2) is 35.4 Å². The molecule has 0 bridgehead atoms. The van der Waals surface area contributed by atoms with E-state index < -0.39 is 11.2 Å². The zero-order valence-corrected chi connectivity index (χ0v) is 17.2. The normalized spacial score (nSPS) is 18.5. The van der Waals surface area contributed by atoms with Crippen LogP contribution in [0.3, 0.4) is 0 Å². The summed E-state index contributed by atoms with van der Waals surface area (Å²) in [4.78, 5) is 29.8. The van der Waals surface area contributed by atoms with Crippen LogP contribution in [0.4, 0.5) is 0 Å². The van der Waals surface area contributed by atoms with Crippen molar-refractivity contribution in [2.75, 3.05) is 19.6 Å². The number of oxazole rings is 1. The van der Waals surface area contributed by atoms with Crippen molar-refractivity contribution in [3.05, 3.63) is 69.7 Å². The SMILES string of the molecule is N#Cc1cccc(C(CNC(=O)C2(c3ccc4oc(=O)[nH]c4c3)CC2)N2CCCC2)c1. The first kappa shape index (κ1) is 19.6. The van der Waals surface area contributed by atoms with Crippen molar-refractivity contribution in [1.82, 2.24) is 15.2 Å². The van der Waals surface area contributed by atoms with Gasteiger partial charge in [0, 0.05) is 6.54 Å². The lowest BCUT2D eigenvalue weighted by atomic mass is 9.94. The van der Waals surface area contributed by atoms with Crippen molar-refractivity contribution in [2.45, 2.75) is 37.1 Å². The third-order valence-corrected chi connectivity index (χ3v) is 6.59. The van der Waals surface area contributed by atoms with Gasteiger partial charge in [-0.25, -0.2) is 4.79 Å². The number of nitrogens with zero attached hydrogens (tertiary/aromatic N) is 2. The van der Waals surface area contributed by atoms with Crippen molar-refractivity contribution < 1.29 is 9.21 Å². The fourth-order valence-corrected chi connectivity index (χ4v) is 4.71. The van der Waals surface area contributed by atoms with Gasteiger partial charge in [0.05, 0.1) is 28.6 Å². The van der Waals surface area contributed by atoms with Crippen LogP contribution in [0.15, 0.2) is 51.7 Å². The molecule has 7 nitrogen and oxygen atoms in total. The Morgan fingerprint density at radius 2 is 2.03 bits per heavy atom. The van der Waals surface area contributed by atoms with E-state index in [1.165, 1.54) is 0 Å². The first-order valence-electron chi connectivity index (χ1n) is 10.7. The molecule has 0 radical (unpaired) electrons. The molecule has 2 aliphatic rings. The summed E-state index contributed by atoms with van der Waals surface area (Å²) in [5.41, 5.74) is 3.16.